The van der Waals surface area contributed by atoms with Gasteiger partial charge >= 0.3 is 0 Å². The maximum absolute atomic E-state index is 11.3. The van der Waals surface area contributed by atoms with Gasteiger partial charge in [0.05, 0.1) is 11.3 Å². The van der Waals surface area contributed by atoms with E-state index in [0.717, 1.165) is 30.2 Å². The summed E-state index contributed by atoms with van der Waals surface area (Å²) in [5.74, 6) is 0.391. The maximum atomic E-state index is 11.3. The van der Waals surface area contributed by atoms with Crippen LogP contribution in [0.1, 0.15) is 56.9 Å². The Morgan fingerprint density at radius 3 is 2.22 bits per heavy atom. The smallest absolute Gasteiger partial charge is 0.166 e. The van der Waals surface area contributed by atoms with Crippen LogP contribution in [0, 0.1) is 5.92 Å². The highest BCUT2D eigenvalue weighted by Crippen LogP contribution is 2.52. The molecule has 3 N–H and O–H groups in total. The van der Waals surface area contributed by atoms with Crippen molar-refractivity contribution in [3.05, 3.63) is 66.4 Å². The van der Waals surface area contributed by atoms with Crippen LogP contribution in [0.4, 0.5) is 5.69 Å². The molecule has 2 aliphatic rings. The fourth-order valence-corrected chi connectivity index (χ4v) is 4.79. The van der Waals surface area contributed by atoms with E-state index in [-0.39, 0.29) is 17.4 Å². The first kappa shape index (κ1) is 27.3. The van der Waals surface area contributed by atoms with Crippen LogP contribution in [0.2, 0.25) is 0 Å². The summed E-state index contributed by atoms with van der Waals surface area (Å²) >= 11 is 0. The number of carbonyl (C=O) groups is 1. The van der Waals surface area contributed by atoms with E-state index in [0.29, 0.717) is 5.69 Å². The molecule has 2 heterocycles. The highest BCUT2D eigenvalue weighted by Gasteiger charge is 2.58. The van der Waals surface area contributed by atoms with Crippen molar-refractivity contribution in [2.24, 2.45) is 16.8 Å². The molecule has 1 saturated heterocycles. The average molecular weight is 493 g/mol. The van der Waals surface area contributed by atoms with Gasteiger partial charge in [0.25, 0.3) is 0 Å². The first-order valence-corrected chi connectivity index (χ1v) is 12.6. The molecule has 0 amide bonds. The van der Waals surface area contributed by atoms with Crippen molar-refractivity contribution in [3.63, 3.8) is 0 Å². The van der Waals surface area contributed by atoms with Crippen molar-refractivity contribution in [2.45, 2.75) is 57.6 Å². The van der Waals surface area contributed by atoms with Crippen LogP contribution in [0.25, 0.3) is 10.9 Å². The lowest BCUT2D eigenvalue weighted by molar-refractivity contribution is -0.0511. The van der Waals surface area contributed by atoms with E-state index in [9.17, 15) is 4.79 Å². The number of ether oxygens (including phenoxy) is 1. The highest BCUT2D eigenvalue weighted by atomic mass is 16.5. The number of aldehydes is 1. The zero-order valence-electron chi connectivity index (χ0n) is 22.1. The van der Waals surface area contributed by atoms with E-state index < -0.39 is 5.54 Å². The molecule has 1 saturated carbocycles. The van der Waals surface area contributed by atoms with Crippen LogP contribution >= 0.6 is 0 Å². The number of aromatic nitrogens is 1. The number of hydrogen-bond acceptors (Lipinski definition) is 5. The number of anilines is 1. The largest absolute Gasteiger partial charge is 0.409 e. The molecule has 1 aliphatic carbocycles. The number of hydrogen-bond donors (Lipinski definition) is 2. The minimum atomic E-state index is -0.575. The van der Waals surface area contributed by atoms with Crippen molar-refractivity contribution in [2.75, 3.05) is 25.6 Å². The Morgan fingerprint density at radius 2 is 1.78 bits per heavy atom. The molecule has 5 rings (SSSR count). The first-order valence-electron chi connectivity index (χ1n) is 12.6. The van der Waals surface area contributed by atoms with Gasteiger partial charge in [-0.25, -0.2) is 0 Å². The van der Waals surface area contributed by atoms with E-state index in [1.54, 1.807) is 0 Å². The molecule has 7 nitrogen and oxygen atoms in total. The van der Waals surface area contributed by atoms with Crippen LogP contribution in [0.5, 0.6) is 0 Å². The third-order valence-electron chi connectivity index (χ3n) is 7.02. The van der Waals surface area contributed by atoms with Crippen molar-refractivity contribution in [1.29, 1.82) is 0 Å². The van der Waals surface area contributed by atoms with Gasteiger partial charge in [0.2, 0.25) is 0 Å². The second-order valence-corrected chi connectivity index (χ2v) is 10.4. The number of amidine groups is 1. The van der Waals surface area contributed by atoms with Crippen molar-refractivity contribution < 1.29 is 14.7 Å². The number of benzene rings is 2. The Hall–Kier alpha value is -3.32. The van der Waals surface area contributed by atoms with Gasteiger partial charge in [-0.2, -0.15) is 0 Å². The van der Waals surface area contributed by atoms with E-state index in [1.165, 1.54) is 24.9 Å². The first-order chi connectivity index (χ1) is 17.2. The number of nitrogens with zero attached hydrogens (tertiary/aromatic N) is 3. The summed E-state index contributed by atoms with van der Waals surface area (Å²) in [6, 6.07) is 19.8. The zero-order valence-corrected chi connectivity index (χ0v) is 22.1. The Kier molecular flexibility index (Phi) is 8.79. The molecule has 3 aromatic rings. The molecule has 1 aliphatic heterocycles. The van der Waals surface area contributed by atoms with Gasteiger partial charge in [-0.1, -0.05) is 48.5 Å². The molecule has 2 atom stereocenters. The highest BCUT2D eigenvalue weighted by molar-refractivity contribution is 5.97. The number of rotatable bonds is 4. The molecule has 7 heteroatoms. The van der Waals surface area contributed by atoms with Gasteiger partial charge in [-0.15, -0.1) is 0 Å². The molecule has 0 bridgehead atoms. The predicted molar refractivity (Wildman–Crippen MR) is 147 cm³/mol. The van der Waals surface area contributed by atoms with E-state index >= 15 is 0 Å². The van der Waals surface area contributed by atoms with Gasteiger partial charge in [-0.05, 0) is 69.7 Å². The fraction of sp³-hybridized carbons (Fsp3) is 0.448. The summed E-state index contributed by atoms with van der Waals surface area (Å²) in [5, 5.41) is 13.2. The fourth-order valence-electron chi connectivity index (χ4n) is 4.79. The molecule has 36 heavy (non-hydrogen) atoms. The van der Waals surface area contributed by atoms with Gasteiger partial charge in [0, 0.05) is 37.3 Å². The van der Waals surface area contributed by atoms with Gasteiger partial charge in [0.15, 0.2) is 12.1 Å². The zero-order chi connectivity index (χ0) is 26.3. The van der Waals surface area contributed by atoms with E-state index in [4.69, 9.17) is 15.7 Å². The van der Waals surface area contributed by atoms with Crippen molar-refractivity contribution >= 4 is 28.7 Å². The van der Waals surface area contributed by atoms with Crippen LogP contribution < -0.4 is 10.6 Å². The van der Waals surface area contributed by atoms with Crippen molar-refractivity contribution in [1.82, 2.24) is 4.57 Å². The Bertz CT molecular complexity index is 1160. The van der Waals surface area contributed by atoms with Crippen LogP contribution in [0.15, 0.2) is 65.8 Å². The topological polar surface area (TPSA) is 93.1 Å². The third kappa shape index (κ3) is 6.08. The lowest BCUT2D eigenvalue weighted by Crippen LogP contribution is -2.37. The predicted octanol–water partition coefficient (Wildman–Crippen LogP) is 5.65. The van der Waals surface area contributed by atoms with Crippen LogP contribution in [0.3, 0.4) is 0 Å². The lowest BCUT2D eigenvalue weighted by Gasteiger charge is -2.29. The molecule has 1 aromatic heterocycles. The Labute approximate surface area is 214 Å². The summed E-state index contributed by atoms with van der Waals surface area (Å²) in [7, 11) is 4.07. The molecule has 2 aromatic carbocycles. The lowest BCUT2D eigenvalue weighted by atomic mass is 9.99. The monoisotopic (exact) mass is 492 g/mol. The van der Waals surface area contributed by atoms with E-state index in [2.05, 4.69) is 36.0 Å². The summed E-state index contributed by atoms with van der Waals surface area (Å²) in [4.78, 5) is 13.4. The molecule has 0 spiro atoms. The summed E-state index contributed by atoms with van der Waals surface area (Å²) in [6.45, 7) is 7.31. The summed E-state index contributed by atoms with van der Waals surface area (Å²) < 4.78 is 7.36. The number of nitrogens with two attached hydrogens (primary N) is 1. The van der Waals surface area contributed by atoms with Gasteiger partial charge in [-0.3, -0.25) is 4.79 Å². The molecule has 194 valence electrons. The minimum absolute atomic E-state index is 0.157. The minimum Gasteiger partial charge on any atom is -0.409 e. The maximum Gasteiger partial charge on any atom is 0.166 e. The SMILES string of the molecule is CC1(C)CCCCO1.CC1CC1(/C(N)=N/O)n1c(C=O)cc2ccccc21.CN(C)c1ccccc1. The quantitative estimate of drug-likeness (QED) is 0.161. The third-order valence-corrected chi connectivity index (χ3v) is 7.02. The van der Waals surface area contributed by atoms with E-state index in [1.807, 2.05) is 74.1 Å². The number of carbonyl (C=O) groups excluding carboxylic acids is 1. The second kappa shape index (κ2) is 11.6. The molecular formula is C29H40N4O3. The van der Waals surface area contributed by atoms with Gasteiger partial charge in [0.1, 0.15) is 5.54 Å². The summed E-state index contributed by atoms with van der Waals surface area (Å²) in [5.41, 5.74) is 8.21. The Morgan fingerprint density at radius 1 is 1.14 bits per heavy atom. The molecular weight excluding hydrogens is 452 g/mol. The van der Waals surface area contributed by atoms with Crippen molar-refractivity contribution in [3.8, 4) is 0 Å². The summed E-state index contributed by atoms with van der Waals surface area (Å²) in [6.07, 6.45) is 5.41. The number of oxime groups is 1. The number of fused-ring (bicyclic) bond motifs is 1. The molecule has 2 unspecified atom stereocenters. The van der Waals surface area contributed by atoms with Crippen LogP contribution in [-0.4, -0.2) is 48.2 Å². The standard InChI is InChI=1S/C14H15N3O2.C8H11N.C7H14O/c1-9-7-14(9,13(15)16-19)17-11(8-18)6-10-4-2-3-5-12(10)17;1-9(2)8-6-4-3-5-7-8;1-7(2)5-3-4-6-8-7/h2-6,8-9,19H,7H2,1H3,(H2,15,16);3-7H,1-2H3;3-6H2,1-2H3. The second-order valence-electron chi connectivity index (χ2n) is 10.4. The average Bonchev–Trinajstić information content (AvgIpc) is 3.40. The Balaban J connectivity index is 0.000000176. The normalized spacial score (nSPS) is 22.5. The molecule has 2 fully saturated rings. The van der Waals surface area contributed by atoms with Gasteiger partial charge < -0.3 is 25.1 Å². The van der Waals surface area contributed by atoms with Crippen LogP contribution in [-0.2, 0) is 10.3 Å². The number of para-hydroxylation sites is 2. The molecule has 0 radical (unpaired) electrons.